The Morgan fingerprint density at radius 1 is 1.07 bits per heavy atom. The number of carbonyl (C=O) groups excluding carboxylic acids is 1. The monoisotopic (exact) mass is 214 g/mol. The molecule has 1 saturated carbocycles. The van der Waals surface area contributed by atoms with Crippen molar-refractivity contribution in [3.63, 3.8) is 0 Å². The number of hydrogen-bond acceptors (Lipinski definition) is 1. The number of ketones is 1. The molecule has 4 heteroatoms. The molecule has 0 bridgehead atoms. The predicted molar refractivity (Wildman–Crippen MR) is 47.9 cm³/mol. The van der Waals surface area contributed by atoms with E-state index < -0.39 is 17.5 Å². The van der Waals surface area contributed by atoms with Crippen LogP contribution in [0.15, 0.2) is 12.1 Å². The second kappa shape index (κ2) is 3.68. The fraction of sp³-hybridized carbons (Fsp3) is 0.364. The van der Waals surface area contributed by atoms with Crippen molar-refractivity contribution in [2.45, 2.75) is 25.2 Å². The van der Waals surface area contributed by atoms with Gasteiger partial charge in [-0.15, -0.1) is 0 Å². The van der Waals surface area contributed by atoms with Crippen LogP contribution in [0.5, 0.6) is 0 Å². The first kappa shape index (κ1) is 10.2. The summed E-state index contributed by atoms with van der Waals surface area (Å²) >= 11 is 0. The van der Waals surface area contributed by atoms with Crippen molar-refractivity contribution in [2.24, 2.45) is 0 Å². The average molecular weight is 214 g/mol. The van der Waals surface area contributed by atoms with Gasteiger partial charge in [0, 0.05) is 18.9 Å². The highest BCUT2D eigenvalue weighted by Gasteiger charge is 2.26. The van der Waals surface area contributed by atoms with Gasteiger partial charge < -0.3 is 0 Å². The normalized spacial score (nSPS) is 21.0. The van der Waals surface area contributed by atoms with Crippen molar-refractivity contribution in [3.05, 3.63) is 35.1 Å². The molecule has 1 atom stereocenters. The van der Waals surface area contributed by atoms with Gasteiger partial charge in [0.1, 0.15) is 11.6 Å². The van der Waals surface area contributed by atoms with E-state index in [0.717, 1.165) is 6.07 Å². The lowest BCUT2D eigenvalue weighted by molar-refractivity contribution is -0.117. The molecule has 80 valence electrons. The van der Waals surface area contributed by atoms with Gasteiger partial charge in [0.15, 0.2) is 11.6 Å². The van der Waals surface area contributed by atoms with Gasteiger partial charge in [-0.2, -0.15) is 0 Å². The lowest BCUT2D eigenvalue weighted by Crippen LogP contribution is -2.01. The maximum Gasteiger partial charge on any atom is 0.161 e. The van der Waals surface area contributed by atoms with Crippen molar-refractivity contribution < 1.29 is 18.0 Å². The number of rotatable bonds is 1. The van der Waals surface area contributed by atoms with Gasteiger partial charge in [0.05, 0.1) is 0 Å². The molecule has 0 N–H and O–H groups in total. The molecular weight excluding hydrogens is 205 g/mol. The molecule has 0 amide bonds. The Hall–Kier alpha value is -1.32. The van der Waals surface area contributed by atoms with Crippen LogP contribution in [-0.4, -0.2) is 5.78 Å². The highest BCUT2D eigenvalue weighted by molar-refractivity contribution is 5.81. The minimum absolute atomic E-state index is 0.0455. The zero-order chi connectivity index (χ0) is 11.0. The van der Waals surface area contributed by atoms with Gasteiger partial charge in [-0.1, -0.05) is 0 Å². The summed E-state index contributed by atoms with van der Waals surface area (Å²) in [5, 5.41) is 0. The standard InChI is InChI=1S/C11H9F3O/c12-9-5-11(14)10(13)4-8(9)6-1-2-7(15)3-6/h4-6H,1-3H2. The Balaban J connectivity index is 2.36. The van der Waals surface area contributed by atoms with E-state index in [4.69, 9.17) is 0 Å². The summed E-state index contributed by atoms with van der Waals surface area (Å²) in [6.07, 6.45) is 1.13. The smallest absolute Gasteiger partial charge is 0.161 e. The third-order valence-electron chi connectivity index (χ3n) is 2.73. The van der Waals surface area contributed by atoms with Crippen LogP contribution < -0.4 is 0 Å². The Morgan fingerprint density at radius 2 is 1.73 bits per heavy atom. The maximum absolute atomic E-state index is 13.3. The van der Waals surface area contributed by atoms with E-state index in [-0.39, 0.29) is 23.7 Å². The van der Waals surface area contributed by atoms with Crippen LogP contribution in [0, 0.1) is 17.5 Å². The van der Waals surface area contributed by atoms with E-state index >= 15 is 0 Å². The molecule has 0 radical (unpaired) electrons. The van der Waals surface area contributed by atoms with E-state index in [2.05, 4.69) is 0 Å². The molecule has 0 heterocycles. The second-order valence-corrected chi connectivity index (χ2v) is 3.77. The number of Topliss-reactive ketones (excluding diaryl/α,β-unsaturated/α-hetero) is 1. The van der Waals surface area contributed by atoms with Crippen LogP contribution in [0.4, 0.5) is 13.2 Å². The van der Waals surface area contributed by atoms with Gasteiger partial charge in [0.2, 0.25) is 0 Å². The summed E-state index contributed by atoms with van der Waals surface area (Å²) in [6, 6.07) is 1.39. The molecule has 2 rings (SSSR count). The largest absolute Gasteiger partial charge is 0.300 e. The first-order valence-corrected chi connectivity index (χ1v) is 4.74. The van der Waals surface area contributed by atoms with Crippen molar-refractivity contribution in [2.75, 3.05) is 0 Å². The lowest BCUT2D eigenvalue weighted by atomic mass is 9.97. The summed E-state index contributed by atoms with van der Waals surface area (Å²) in [4.78, 5) is 11.0. The Labute approximate surface area is 84.9 Å². The molecule has 1 fully saturated rings. The molecule has 1 unspecified atom stereocenters. The summed E-state index contributed by atoms with van der Waals surface area (Å²) in [5.74, 6) is -3.28. The van der Waals surface area contributed by atoms with Crippen LogP contribution in [-0.2, 0) is 4.79 Å². The Kier molecular flexibility index (Phi) is 2.50. The van der Waals surface area contributed by atoms with Crippen LogP contribution in [0.2, 0.25) is 0 Å². The molecule has 0 aromatic heterocycles. The number of hydrogen-bond donors (Lipinski definition) is 0. The zero-order valence-corrected chi connectivity index (χ0v) is 7.90. The molecule has 15 heavy (non-hydrogen) atoms. The lowest BCUT2D eigenvalue weighted by Gasteiger charge is -2.09. The molecule has 1 aliphatic carbocycles. The number of carbonyl (C=O) groups is 1. The van der Waals surface area contributed by atoms with Gasteiger partial charge in [-0.25, -0.2) is 13.2 Å². The SMILES string of the molecule is O=C1CCC(c2cc(F)c(F)cc2F)C1. The Bertz CT molecular complexity index is 415. The van der Waals surface area contributed by atoms with E-state index in [1.165, 1.54) is 0 Å². The summed E-state index contributed by atoms with van der Waals surface area (Å²) < 4.78 is 38.8. The fourth-order valence-electron chi connectivity index (χ4n) is 1.93. The molecule has 0 saturated heterocycles. The highest BCUT2D eigenvalue weighted by atomic mass is 19.2. The fourth-order valence-corrected chi connectivity index (χ4v) is 1.93. The van der Waals surface area contributed by atoms with Crippen LogP contribution in [0.1, 0.15) is 30.7 Å². The minimum atomic E-state index is -1.19. The van der Waals surface area contributed by atoms with Crippen LogP contribution >= 0.6 is 0 Å². The molecular formula is C11H9F3O. The van der Waals surface area contributed by atoms with Crippen molar-refractivity contribution >= 4 is 5.78 Å². The van der Waals surface area contributed by atoms with Crippen molar-refractivity contribution in [1.29, 1.82) is 0 Å². The quantitative estimate of drug-likeness (QED) is 0.657. The molecule has 1 aromatic rings. The third-order valence-corrected chi connectivity index (χ3v) is 2.73. The molecule has 1 nitrogen and oxygen atoms in total. The molecule has 1 aliphatic rings. The van der Waals surface area contributed by atoms with Crippen LogP contribution in [0.3, 0.4) is 0 Å². The third kappa shape index (κ3) is 1.89. The van der Waals surface area contributed by atoms with Crippen molar-refractivity contribution in [3.8, 4) is 0 Å². The maximum atomic E-state index is 13.3. The molecule has 0 aliphatic heterocycles. The summed E-state index contributed by atoms with van der Waals surface area (Å²) in [7, 11) is 0. The minimum Gasteiger partial charge on any atom is -0.300 e. The summed E-state index contributed by atoms with van der Waals surface area (Å²) in [5.41, 5.74) is 0.111. The van der Waals surface area contributed by atoms with E-state index in [9.17, 15) is 18.0 Å². The van der Waals surface area contributed by atoms with E-state index in [1.807, 2.05) is 0 Å². The first-order chi connectivity index (χ1) is 7.08. The average Bonchev–Trinajstić information content (AvgIpc) is 2.58. The number of halogens is 3. The first-order valence-electron chi connectivity index (χ1n) is 4.74. The van der Waals surface area contributed by atoms with E-state index in [0.29, 0.717) is 18.9 Å². The molecule has 1 aromatic carbocycles. The summed E-state index contributed by atoms with van der Waals surface area (Å²) in [6.45, 7) is 0. The van der Waals surface area contributed by atoms with Crippen LogP contribution in [0.25, 0.3) is 0 Å². The van der Waals surface area contributed by atoms with Gasteiger partial charge in [0.25, 0.3) is 0 Å². The van der Waals surface area contributed by atoms with Gasteiger partial charge in [-0.3, -0.25) is 4.79 Å². The topological polar surface area (TPSA) is 17.1 Å². The second-order valence-electron chi connectivity index (χ2n) is 3.77. The number of benzene rings is 1. The molecule has 0 spiro atoms. The highest BCUT2D eigenvalue weighted by Crippen LogP contribution is 2.34. The predicted octanol–water partition coefficient (Wildman–Crippen LogP) is 2.94. The zero-order valence-electron chi connectivity index (χ0n) is 7.90. The van der Waals surface area contributed by atoms with Crippen molar-refractivity contribution in [1.82, 2.24) is 0 Å². The Morgan fingerprint density at radius 3 is 2.33 bits per heavy atom. The van der Waals surface area contributed by atoms with Gasteiger partial charge >= 0.3 is 0 Å². The van der Waals surface area contributed by atoms with E-state index in [1.54, 1.807) is 0 Å². The van der Waals surface area contributed by atoms with Gasteiger partial charge in [-0.05, 0) is 24.0 Å².